The summed E-state index contributed by atoms with van der Waals surface area (Å²) in [5.41, 5.74) is 0. The van der Waals surface area contributed by atoms with Crippen molar-refractivity contribution in [3.8, 4) is 0 Å². The SMILES string of the molecule is CCc1n[nH]c(=S)n1CCN(C)CCOC. The van der Waals surface area contributed by atoms with E-state index in [1.807, 2.05) is 0 Å². The van der Waals surface area contributed by atoms with Crippen LogP contribution < -0.4 is 0 Å². The second-order valence-corrected chi connectivity index (χ2v) is 4.13. The van der Waals surface area contributed by atoms with E-state index in [9.17, 15) is 0 Å². The van der Waals surface area contributed by atoms with E-state index in [-0.39, 0.29) is 0 Å². The molecule has 1 aromatic heterocycles. The van der Waals surface area contributed by atoms with Crippen molar-refractivity contribution in [2.24, 2.45) is 0 Å². The van der Waals surface area contributed by atoms with Gasteiger partial charge in [0.05, 0.1) is 6.61 Å². The zero-order valence-corrected chi connectivity index (χ0v) is 11.0. The fourth-order valence-electron chi connectivity index (χ4n) is 1.48. The number of rotatable bonds is 7. The first kappa shape index (κ1) is 13.3. The lowest BCUT2D eigenvalue weighted by Crippen LogP contribution is -2.27. The predicted molar refractivity (Wildman–Crippen MR) is 66.2 cm³/mol. The first-order chi connectivity index (χ1) is 7.69. The van der Waals surface area contributed by atoms with Crippen LogP contribution >= 0.6 is 12.2 Å². The van der Waals surface area contributed by atoms with Gasteiger partial charge in [-0.1, -0.05) is 6.92 Å². The molecule has 0 bridgehead atoms. The highest BCUT2D eigenvalue weighted by Gasteiger charge is 2.05. The minimum atomic E-state index is 0.706. The monoisotopic (exact) mass is 244 g/mol. The van der Waals surface area contributed by atoms with Crippen LogP contribution in [-0.4, -0.2) is 53.5 Å². The van der Waals surface area contributed by atoms with Gasteiger partial charge in [0.2, 0.25) is 0 Å². The van der Waals surface area contributed by atoms with Crippen LogP contribution in [-0.2, 0) is 17.7 Å². The number of aromatic nitrogens is 3. The largest absolute Gasteiger partial charge is 0.383 e. The zero-order chi connectivity index (χ0) is 12.0. The average molecular weight is 244 g/mol. The van der Waals surface area contributed by atoms with Gasteiger partial charge >= 0.3 is 0 Å². The molecule has 0 saturated carbocycles. The highest BCUT2D eigenvalue weighted by molar-refractivity contribution is 7.71. The van der Waals surface area contributed by atoms with Crippen LogP contribution in [0.25, 0.3) is 0 Å². The predicted octanol–water partition coefficient (Wildman–Crippen LogP) is 1.08. The normalized spacial score (nSPS) is 11.2. The van der Waals surface area contributed by atoms with Crippen molar-refractivity contribution < 1.29 is 4.74 Å². The van der Waals surface area contributed by atoms with Gasteiger partial charge < -0.3 is 14.2 Å². The van der Waals surface area contributed by atoms with E-state index in [2.05, 4.69) is 33.6 Å². The molecule has 0 spiro atoms. The molecule has 1 heterocycles. The molecule has 0 unspecified atom stereocenters. The average Bonchev–Trinajstić information content (AvgIpc) is 2.64. The lowest BCUT2D eigenvalue weighted by molar-refractivity contribution is 0.159. The van der Waals surface area contributed by atoms with Crippen LogP contribution in [0.15, 0.2) is 0 Å². The third-order valence-electron chi connectivity index (χ3n) is 2.54. The second kappa shape index (κ2) is 6.78. The molecule has 1 rings (SSSR count). The fourth-order valence-corrected chi connectivity index (χ4v) is 1.72. The summed E-state index contributed by atoms with van der Waals surface area (Å²) < 4.78 is 7.79. The molecule has 5 nitrogen and oxygen atoms in total. The van der Waals surface area contributed by atoms with E-state index in [1.165, 1.54) is 0 Å². The Kier molecular flexibility index (Phi) is 5.65. The maximum atomic E-state index is 5.18. The third kappa shape index (κ3) is 3.70. The Balaban J connectivity index is 2.47. The number of ether oxygens (including phenoxy) is 1. The Bertz CT molecular complexity index is 360. The minimum Gasteiger partial charge on any atom is -0.383 e. The molecule has 16 heavy (non-hydrogen) atoms. The molecule has 1 N–H and O–H groups in total. The van der Waals surface area contributed by atoms with Crippen molar-refractivity contribution in [2.75, 3.05) is 33.9 Å². The van der Waals surface area contributed by atoms with Crippen LogP contribution in [0.5, 0.6) is 0 Å². The number of aryl methyl sites for hydroxylation is 1. The van der Waals surface area contributed by atoms with Crippen LogP contribution in [0, 0.1) is 4.77 Å². The second-order valence-electron chi connectivity index (χ2n) is 3.75. The maximum absolute atomic E-state index is 5.18. The number of nitrogens with one attached hydrogen (secondary N) is 1. The van der Waals surface area contributed by atoms with Gasteiger partial charge in [-0.3, -0.25) is 5.10 Å². The molecule has 0 fully saturated rings. The summed E-state index contributed by atoms with van der Waals surface area (Å²) in [7, 11) is 3.80. The molecule has 0 aromatic carbocycles. The lowest BCUT2D eigenvalue weighted by atomic mass is 10.4. The van der Waals surface area contributed by atoms with Crippen molar-refractivity contribution >= 4 is 12.2 Å². The van der Waals surface area contributed by atoms with Gasteiger partial charge in [0.1, 0.15) is 5.82 Å². The van der Waals surface area contributed by atoms with E-state index in [4.69, 9.17) is 17.0 Å². The number of H-pyrrole nitrogens is 1. The molecule has 92 valence electrons. The summed E-state index contributed by atoms with van der Waals surface area (Å²) in [6.07, 6.45) is 0.898. The number of likely N-dealkylation sites (N-methyl/N-ethyl adjacent to an activating group) is 1. The number of hydrogen-bond donors (Lipinski definition) is 1. The van der Waals surface area contributed by atoms with Crippen molar-refractivity contribution in [1.82, 2.24) is 19.7 Å². The molecular formula is C10H20N4OS. The van der Waals surface area contributed by atoms with Crippen LogP contribution in [0.1, 0.15) is 12.7 Å². The Morgan fingerprint density at radius 1 is 1.50 bits per heavy atom. The molecule has 0 saturated heterocycles. The van der Waals surface area contributed by atoms with Crippen LogP contribution in [0.3, 0.4) is 0 Å². The van der Waals surface area contributed by atoms with E-state index < -0.39 is 0 Å². The summed E-state index contributed by atoms with van der Waals surface area (Å²) in [6.45, 7) is 5.59. The smallest absolute Gasteiger partial charge is 0.195 e. The van der Waals surface area contributed by atoms with Gasteiger partial charge in [0, 0.05) is 33.2 Å². The quantitative estimate of drug-likeness (QED) is 0.729. The summed E-state index contributed by atoms with van der Waals surface area (Å²) in [5, 5.41) is 7.00. The summed E-state index contributed by atoms with van der Waals surface area (Å²) in [6, 6.07) is 0. The van der Waals surface area contributed by atoms with Gasteiger partial charge in [-0.15, -0.1) is 0 Å². The number of aromatic amines is 1. The minimum absolute atomic E-state index is 0.706. The molecule has 0 aliphatic heterocycles. The molecule has 0 aliphatic rings. The molecule has 0 aliphatic carbocycles. The third-order valence-corrected chi connectivity index (χ3v) is 2.85. The van der Waals surface area contributed by atoms with E-state index >= 15 is 0 Å². The molecule has 6 heteroatoms. The van der Waals surface area contributed by atoms with Gasteiger partial charge in [0.15, 0.2) is 4.77 Å². The molecule has 0 atom stereocenters. The molecule has 1 aromatic rings. The fraction of sp³-hybridized carbons (Fsp3) is 0.800. The van der Waals surface area contributed by atoms with Crippen LogP contribution in [0.4, 0.5) is 0 Å². The standard InChI is InChI=1S/C10H20N4OS/c1-4-9-11-12-10(16)14(9)6-5-13(2)7-8-15-3/h4-8H2,1-3H3,(H,12,16). The van der Waals surface area contributed by atoms with E-state index in [0.717, 1.165) is 38.5 Å². The van der Waals surface area contributed by atoms with E-state index in [1.54, 1.807) is 7.11 Å². The first-order valence-electron chi connectivity index (χ1n) is 5.50. The Labute approximate surface area is 101 Å². The highest BCUT2D eigenvalue weighted by atomic mass is 32.1. The molecule has 0 radical (unpaired) electrons. The Morgan fingerprint density at radius 2 is 2.25 bits per heavy atom. The van der Waals surface area contributed by atoms with E-state index in [0.29, 0.717) is 4.77 Å². The van der Waals surface area contributed by atoms with Gasteiger partial charge in [-0.2, -0.15) is 5.10 Å². The number of methoxy groups -OCH3 is 1. The maximum Gasteiger partial charge on any atom is 0.195 e. The van der Waals surface area contributed by atoms with Crippen molar-refractivity contribution in [3.05, 3.63) is 10.6 Å². The van der Waals surface area contributed by atoms with Gasteiger partial charge in [-0.05, 0) is 19.3 Å². The van der Waals surface area contributed by atoms with Crippen molar-refractivity contribution in [2.45, 2.75) is 19.9 Å². The van der Waals surface area contributed by atoms with Gasteiger partial charge in [-0.25, -0.2) is 0 Å². The topological polar surface area (TPSA) is 46.1 Å². The number of nitrogens with zero attached hydrogens (tertiary/aromatic N) is 3. The van der Waals surface area contributed by atoms with Crippen molar-refractivity contribution in [1.29, 1.82) is 0 Å². The molecule has 0 amide bonds. The number of hydrogen-bond acceptors (Lipinski definition) is 4. The Hall–Kier alpha value is -0.720. The first-order valence-corrected chi connectivity index (χ1v) is 5.91. The summed E-state index contributed by atoms with van der Waals surface area (Å²) in [5.74, 6) is 1.02. The zero-order valence-electron chi connectivity index (χ0n) is 10.2. The lowest BCUT2D eigenvalue weighted by Gasteiger charge is -2.16. The summed E-state index contributed by atoms with van der Waals surface area (Å²) >= 11 is 5.18. The highest BCUT2D eigenvalue weighted by Crippen LogP contribution is 1.99. The Morgan fingerprint density at radius 3 is 2.88 bits per heavy atom. The van der Waals surface area contributed by atoms with Gasteiger partial charge in [0.25, 0.3) is 0 Å². The summed E-state index contributed by atoms with van der Waals surface area (Å²) in [4.78, 5) is 2.22. The van der Waals surface area contributed by atoms with Crippen LogP contribution in [0.2, 0.25) is 0 Å². The van der Waals surface area contributed by atoms with Crippen molar-refractivity contribution in [3.63, 3.8) is 0 Å². The molecular weight excluding hydrogens is 224 g/mol.